The lowest BCUT2D eigenvalue weighted by Gasteiger charge is -2.06. The van der Waals surface area contributed by atoms with Gasteiger partial charge in [-0.05, 0) is 38.0 Å². The second-order valence-corrected chi connectivity index (χ2v) is 8.93. The molecule has 0 bridgehead atoms. The molecule has 0 amide bonds. The molecule has 0 radical (unpaired) electrons. The normalized spacial score (nSPS) is 12.0. The fraction of sp³-hybridized carbons (Fsp3) is 0.286. The molecule has 3 N–H and O–H groups in total. The zero-order valence-electron chi connectivity index (χ0n) is 12.4. The van der Waals surface area contributed by atoms with E-state index in [1.165, 1.54) is 22.7 Å². The van der Waals surface area contributed by atoms with Crippen molar-refractivity contribution in [1.29, 1.82) is 0 Å². The Morgan fingerprint density at radius 2 is 2.13 bits per heavy atom. The topological polar surface area (TPSA) is 98.0 Å². The summed E-state index contributed by atoms with van der Waals surface area (Å²) >= 11 is 2.88. The van der Waals surface area contributed by atoms with Crippen LogP contribution in [0, 0.1) is 6.92 Å². The molecule has 1 aromatic carbocycles. The molecule has 0 aliphatic carbocycles. The maximum atomic E-state index is 12.3. The molecule has 0 spiro atoms. The first kappa shape index (κ1) is 16.3. The maximum absolute atomic E-state index is 12.3. The van der Waals surface area contributed by atoms with Crippen molar-refractivity contribution in [3.8, 4) is 0 Å². The summed E-state index contributed by atoms with van der Waals surface area (Å²) in [7, 11) is -3.51. The summed E-state index contributed by atoms with van der Waals surface area (Å²) < 4.78 is 28.2. The number of nitrogen functional groups attached to an aromatic ring is 1. The van der Waals surface area contributed by atoms with Gasteiger partial charge in [-0.1, -0.05) is 0 Å². The molecule has 0 aliphatic heterocycles. The van der Waals surface area contributed by atoms with E-state index in [4.69, 9.17) is 5.73 Å². The van der Waals surface area contributed by atoms with E-state index in [-0.39, 0.29) is 4.90 Å². The molecular formula is C14H16N4O2S3. The molecule has 9 heteroatoms. The van der Waals surface area contributed by atoms with Crippen molar-refractivity contribution >= 4 is 48.0 Å². The SMILES string of the molecule is Cc1nc2ccc(S(=O)(=O)NCCCc3csc(N)n3)cc2s1. The molecule has 2 aromatic heterocycles. The lowest BCUT2D eigenvalue weighted by Crippen LogP contribution is -2.25. The third-order valence-corrected chi connectivity index (χ3v) is 6.36. The fourth-order valence-electron chi connectivity index (χ4n) is 2.18. The van der Waals surface area contributed by atoms with E-state index < -0.39 is 10.0 Å². The lowest BCUT2D eigenvalue weighted by atomic mass is 10.2. The van der Waals surface area contributed by atoms with Gasteiger partial charge in [-0.2, -0.15) is 0 Å². The van der Waals surface area contributed by atoms with Crippen LogP contribution in [-0.2, 0) is 16.4 Å². The van der Waals surface area contributed by atoms with Gasteiger partial charge in [0.05, 0.1) is 25.8 Å². The van der Waals surface area contributed by atoms with Crippen LogP contribution >= 0.6 is 22.7 Å². The monoisotopic (exact) mass is 368 g/mol. The van der Waals surface area contributed by atoms with Gasteiger partial charge in [0.25, 0.3) is 0 Å². The lowest BCUT2D eigenvalue weighted by molar-refractivity contribution is 0.579. The first-order valence-electron chi connectivity index (χ1n) is 7.01. The van der Waals surface area contributed by atoms with Gasteiger partial charge in [0.2, 0.25) is 10.0 Å². The molecule has 3 rings (SSSR count). The van der Waals surface area contributed by atoms with Crippen LogP contribution in [0.3, 0.4) is 0 Å². The second kappa shape index (κ2) is 6.52. The summed E-state index contributed by atoms with van der Waals surface area (Å²) in [6.07, 6.45) is 1.37. The number of aryl methyl sites for hydroxylation is 2. The van der Waals surface area contributed by atoms with Crippen LogP contribution in [0.5, 0.6) is 0 Å². The van der Waals surface area contributed by atoms with Crippen LogP contribution in [0.1, 0.15) is 17.1 Å². The summed E-state index contributed by atoms with van der Waals surface area (Å²) in [5, 5.41) is 3.35. The van der Waals surface area contributed by atoms with Crippen LogP contribution < -0.4 is 10.5 Å². The average Bonchev–Trinajstić information content (AvgIpc) is 3.07. The third-order valence-electron chi connectivity index (χ3n) is 3.25. The van der Waals surface area contributed by atoms with Gasteiger partial charge in [0, 0.05) is 11.9 Å². The third kappa shape index (κ3) is 3.86. The number of benzene rings is 1. The van der Waals surface area contributed by atoms with Gasteiger partial charge >= 0.3 is 0 Å². The Morgan fingerprint density at radius 3 is 2.87 bits per heavy atom. The molecule has 0 unspecified atom stereocenters. The summed E-state index contributed by atoms with van der Waals surface area (Å²) in [6, 6.07) is 5.00. The fourth-order valence-corrected chi connectivity index (χ4v) is 4.82. The van der Waals surface area contributed by atoms with E-state index in [1.54, 1.807) is 18.2 Å². The van der Waals surface area contributed by atoms with Crippen LogP contribution in [-0.4, -0.2) is 24.9 Å². The van der Waals surface area contributed by atoms with Crippen LogP contribution in [0.4, 0.5) is 5.13 Å². The minimum absolute atomic E-state index is 0.270. The quantitative estimate of drug-likeness (QED) is 0.652. The minimum Gasteiger partial charge on any atom is -0.375 e. The molecular weight excluding hydrogens is 352 g/mol. The van der Waals surface area contributed by atoms with Crippen LogP contribution in [0.15, 0.2) is 28.5 Å². The Hall–Kier alpha value is -1.55. The number of fused-ring (bicyclic) bond motifs is 1. The number of anilines is 1. The molecule has 6 nitrogen and oxygen atoms in total. The van der Waals surface area contributed by atoms with Gasteiger partial charge in [-0.3, -0.25) is 0 Å². The highest BCUT2D eigenvalue weighted by molar-refractivity contribution is 7.89. The van der Waals surface area contributed by atoms with Gasteiger partial charge < -0.3 is 5.73 Å². The van der Waals surface area contributed by atoms with E-state index >= 15 is 0 Å². The minimum atomic E-state index is -3.51. The molecule has 3 aromatic rings. The van der Waals surface area contributed by atoms with Gasteiger partial charge in [0.1, 0.15) is 0 Å². The highest BCUT2D eigenvalue weighted by Crippen LogP contribution is 2.24. The zero-order chi connectivity index (χ0) is 16.4. The average molecular weight is 369 g/mol. The van der Waals surface area contributed by atoms with Crippen molar-refractivity contribution in [2.75, 3.05) is 12.3 Å². The smallest absolute Gasteiger partial charge is 0.240 e. The van der Waals surface area contributed by atoms with Crippen LogP contribution in [0.2, 0.25) is 0 Å². The van der Waals surface area contributed by atoms with E-state index in [0.717, 1.165) is 20.9 Å². The molecule has 0 aliphatic rings. The van der Waals surface area contributed by atoms with Crippen molar-refractivity contribution in [2.24, 2.45) is 0 Å². The highest BCUT2D eigenvalue weighted by atomic mass is 32.2. The molecule has 2 heterocycles. The van der Waals surface area contributed by atoms with Gasteiger partial charge in [-0.15, -0.1) is 22.7 Å². The Bertz CT molecular complexity index is 931. The van der Waals surface area contributed by atoms with Crippen molar-refractivity contribution in [2.45, 2.75) is 24.7 Å². The number of nitrogens with two attached hydrogens (primary N) is 1. The van der Waals surface area contributed by atoms with E-state index in [1.807, 2.05) is 12.3 Å². The Morgan fingerprint density at radius 1 is 1.30 bits per heavy atom. The summed E-state index contributed by atoms with van der Waals surface area (Å²) in [5.41, 5.74) is 7.29. The van der Waals surface area contributed by atoms with Crippen molar-refractivity contribution < 1.29 is 8.42 Å². The summed E-state index contributed by atoms with van der Waals surface area (Å²) in [6.45, 7) is 2.27. The standard InChI is InChI=1S/C14H16N4O2S3/c1-9-17-12-5-4-11(7-13(12)22-9)23(19,20)16-6-2-3-10-8-21-14(15)18-10/h4-5,7-8,16H,2-3,6H2,1H3,(H2,15,18). The summed E-state index contributed by atoms with van der Waals surface area (Å²) in [4.78, 5) is 8.76. The largest absolute Gasteiger partial charge is 0.375 e. The first-order chi connectivity index (χ1) is 10.9. The Kier molecular flexibility index (Phi) is 4.62. The first-order valence-corrected chi connectivity index (χ1v) is 10.2. The van der Waals surface area contributed by atoms with Gasteiger partial charge in [0.15, 0.2) is 5.13 Å². The van der Waals surface area contributed by atoms with Crippen molar-refractivity contribution in [3.63, 3.8) is 0 Å². The Balaban J connectivity index is 1.63. The molecule has 0 fully saturated rings. The number of hydrogen-bond acceptors (Lipinski definition) is 7. The maximum Gasteiger partial charge on any atom is 0.240 e. The number of thiazole rings is 2. The molecule has 0 saturated heterocycles. The molecule has 23 heavy (non-hydrogen) atoms. The second-order valence-electron chi connectivity index (χ2n) is 5.04. The number of nitrogens with zero attached hydrogens (tertiary/aromatic N) is 2. The molecule has 0 atom stereocenters. The number of sulfonamides is 1. The summed E-state index contributed by atoms with van der Waals surface area (Å²) in [5.74, 6) is 0. The van der Waals surface area contributed by atoms with E-state index in [0.29, 0.717) is 24.5 Å². The van der Waals surface area contributed by atoms with Crippen molar-refractivity contribution in [1.82, 2.24) is 14.7 Å². The predicted molar refractivity (Wildman–Crippen MR) is 94.4 cm³/mol. The number of hydrogen-bond donors (Lipinski definition) is 2. The molecule has 0 saturated carbocycles. The Labute approximate surface area is 142 Å². The highest BCUT2D eigenvalue weighted by Gasteiger charge is 2.15. The zero-order valence-corrected chi connectivity index (χ0v) is 14.9. The molecule has 122 valence electrons. The predicted octanol–water partition coefficient (Wildman–Crippen LogP) is 2.55. The van der Waals surface area contributed by atoms with E-state index in [9.17, 15) is 8.42 Å². The number of nitrogens with one attached hydrogen (secondary N) is 1. The van der Waals surface area contributed by atoms with E-state index in [2.05, 4.69) is 14.7 Å². The van der Waals surface area contributed by atoms with Crippen LogP contribution in [0.25, 0.3) is 10.2 Å². The number of rotatable bonds is 6. The van der Waals surface area contributed by atoms with Gasteiger partial charge in [-0.25, -0.2) is 23.1 Å². The van der Waals surface area contributed by atoms with Crippen molar-refractivity contribution in [3.05, 3.63) is 34.3 Å². The number of aromatic nitrogens is 2.